The summed E-state index contributed by atoms with van der Waals surface area (Å²) in [4.78, 5) is 10.8. The summed E-state index contributed by atoms with van der Waals surface area (Å²) >= 11 is 6.74. The summed E-state index contributed by atoms with van der Waals surface area (Å²) < 4.78 is 0. The molecule has 2 unspecified atom stereocenters. The van der Waals surface area contributed by atoms with Crippen LogP contribution in [0.4, 0.5) is 0 Å². The number of hydrogen-bond donors (Lipinski definition) is 3. The van der Waals surface area contributed by atoms with Crippen molar-refractivity contribution in [2.75, 3.05) is 5.75 Å². The Balaban J connectivity index is 2.83. The van der Waals surface area contributed by atoms with E-state index in [1.54, 1.807) is 13.0 Å². The second kappa shape index (κ2) is 6.43. The van der Waals surface area contributed by atoms with Gasteiger partial charge in [-0.3, -0.25) is 4.79 Å². The lowest BCUT2D eigenvalue weighted by atomic mass is 10.0. The normalized spacial score (nSPS) is 14.3. The van der Waals surface area contributed by atoms with Crippen molar-refractivity contribution in [3.05, 3.63) is 28.3 Å². The topological polar surface area (TPSA) is 77.8 Å². The van der Waals surface area contributed by atoms with Gasteiger partial charge in [-0.2, -0.15) is 0 Å². The van der Waals surface area contributed by atoms with Crippen molar-refractivity contribution < 1.29 is 20.1 Å². The lowest BCUT2D eigenvalue weighted by molar-refractivity contribution is -0.109. The van der Waals surface area contributed by atoms with Crippen LogP contribution in [-0.4, -0.2) is 32.3 Å². The summed E-state index contributed by atoms with van der Waals surface area (Å²) in [6, 6.07) is 2.95. The van der Waals surface area contributed by atoms with Crippen molar-refractivity contribution in [2.24, 2.45) is 0 Å². The minimum absolute atomic E-state index is 0.0415. The molecule has 0 heterocycles. The van der Waals surface area contributed by atoms with Gasteiger partial charge in [-0.05, 0) is 30.2 Å². The minimum Gasteiger partial charge on any atom is -0.506 e. The van der Waals surface area contributed by atoms with Gasteiger partial charge in [-0.25, -0.2) is 0 Å². The van der Waals surface area contributed by atoms with Crippen LogP contribution in [0.5, 0.6) is 5.75 Å². The summed E-state index contributed by atoms with van der Waals surface area (Å²) in [6.45, 7) is 3.04. The molecule has 0 aliphatic carbocycles. The largest absolute Gasteiger partial charge is 0.506 e. The molecule has 18 heavy (non-hydrogen) atoms. The average Bonchev–Trinajstić information content (AvgIpc) is 2.31. The molecule has 0 aliphatic heterocycles. The van der Waals surface area contributed by atoms with E-state index in [0.29, 0.717) is 11.1 Å². The van der Waals surface area contributed by atoms with E-state index in [1.165, 1.54) is 13.0 Å². The van der Waals surface area contributed by atoms with Crippen molar-refractivity contribution in [1.82, 2.24) is 0 Å². The molecule has 0 aromatic heterocycles. The number of hydrogen-bond acceptors (Lipinski definition) is 5. The van der Waals surface area contributed by atoms with Crippen molar-refractivity contribution in [3.8, 4) is 5.75 Å². The Kier molecular flexibility index (Phi) is 5.47. The zero-order chi connectivity index (χ0) is 13.9. The fourth-order valence-corrected chi connectivity index (χ4v) is 2.31. The Labute approximate surface area is 115 Å². The molecule has 6 heteroatoms. The van der Waals surface area contributed by atoms with Gasteiger partial charge in [0.1, 0.15) is 11.9 Å². The summed E-state index contributed by atoms with van der Waals surface area (Å²) in [5.74, 6) is 0.0637. The van der Waals surface area contributed by atoms with E-state index < -0.39 is 12.2 Å². The van der Waals surface area contributed by atoms with Crippen LogP contribution in [0, 0.1) is 6.92 Å². The van der Waals surface area contributed by atoms with Gasteiger partial charge in [0.05, 0.1) is 11.1 Å². The molecule has 4 nitrogen and oxygen atoms in total. The van der Waals surface area contributed by atoms with E-state index in [-0.39, 0.29) is 21.6 Å². The van der Waals surface area contributed by atoms with Gasteiger partial charge in [0.25, 0.3) is 0 Å². The maximum atomic E-state index is 10.8. The maximum Gasteiger partial charge on any atom is 0.185 e. The Morgan fingerprint density at radius 2 is 2.06 bits per heavy atom. The molecule has 0 aliphatic rings. The van der Waals surface area contributed by atoms with E-state index in [1.807, 2.05) is 0 Å². The van der Waals surface area contributed by atoms with Gasteiger partial charge in [0, 0.05) is 12.7 Å². The van der Waals surface area contributed by atoms with E-state index in [9.17, 15) is 20.1 Å². The second-order valence-electron chi connectivity index (χ2n) is 3.98. The highest BCUT2D eigenvalue weighted by atomic mass is 35.5. The smallest absolute Gasteiger partial charge is 0.185 e. The molecule has 0 saturated carbocycles. The first-order chi connectivity index (χ1) is 8.32. The lowest BCUT2D eigenvalue weighted by Gasteiger charge is -2.18. The van der Waals surface area contributed by atoms with Gasteiger partial charge in [0.2, 0.25) is 0 Å². The number of benzene rings is 1. The van der Waals surface area contributed by atoms with Gasteiger partial charge in [-0.15, -0.1) is 0 Å². The summed E-state index contributed by atoms with van der Waals surface area (Å²) in [6.07, 6.45) is -2.22. The van der Waals surface area contributed by atoms with E-state index in [0.717, 1.165) is 11.8 Å². The zero-order valence-corrected chi connectivity index (χ0v) is 11.6. The summed E-state index contributed by atoms with van der Waals surface area (Å²) in [5, 5.41) is 29.2. The molecule has 0 fully saturated rings. The van der Waals surface area contributed by atoms with Gasteiger partial charge < -0.3 is 15.3 Å². The number of aryl methyl sites for hydroxylation is 1. The fourth-order valence-electron chi connectivity index (χ4n) is 1.45. The predicted octanol–water partition coefficient (Wildman–Crippen LogP) is 2.03. The Morgan fingerprint density at radius 3 is 2.56 bits per heavy atom. The molecule has 1 aromatic rings. The highest BCUT2D eigenvalue weighted by Crippen LogP contribution is 2.32. The van der Waals surface area contributed by atoms with Crippen LogP contribution >= 0.6 is 23.4 Å². The molecular formula is C12H15ClO4S. The average molecular weight is 291 g/mol. The van der Waals surface area contributed by atoms with Gasteiger partial charge in [0.15, 0.2) is 5.12 Å². The third-order valence-corrected chi connectivity index (χ3v) is 3.64. The van der Waals surface area contributed by atoms with Crippen molar-refractivity contribution in [1.29, 1.82) is 0 Å². The van der Waals surface area contributed by atoms with Gasteiger partial charge >= 0.3 is 0 Å². The zero-order valence-electron chi connectivity index (χ0n) is 10.1. The second-order valence-corrected chi connectivity index (χ2v) is 5.59. The van der Waals surface area contributed by atoms with Crippen LogP contribution in [-0.2, 0) is 4.79 Å². The monoisotopic (exact) mass is 290 g/mol. The number of aliphatic hydroxyl groups is 2. The number of thioether (sulfide) groups is 1. The van der Waals surface area contributed by atoms with Crippen LogP contribution in [0.3, 0.4) is 0 Å². The number of phenolic OH excluding ortho intramolecular Hbond substituents is 1. The van der Waals surface area contributed by atoms with Gasteiger partial charge in [-0.1, -0.05) is 23.4 Å². The van der Waals surface area contributed by atoms with E-state index in [4.69, 9.17) is 11.6 Å². The molecule has 1 aromatic carbocycles. The number of halogens is 1. The van der Waals surface area contributed by atoms with Crippen molar-refractivity contribution >= 4 is 28.5 Å². The molecule has 0 bridgehead atoms. The highest BCUT2D eigenvalue weighted by Gasteiger charge is 2.20. The fraction of sp³-hybridized carbons (Fsp3) is 0.417. The van der Waals surface area contributed by atoms with Crippen molar-refractivity contribution in [2.45, 2.75) is 26.1 Å². The van der Waals surface area contributed by atoms with Crippen LogP contribution in [0.2, 0.25) is 5.02 Å². The SMILES string of the molecule is CC(=O)SCC(O)C(O)c1cc(C)c(O)c(Cl)c1. The quantitative estimate of drug-likeness (QED) is 0.791. The lowest BCUT2D eigenvalue weighted by Crippen LogP contribution is -2.21. The van der Waals surface area contributed by atoms with E-state index >= 15 is 0 Å². The summed E-state index contributed by atoms with van der Waals surface area (Å²) in [7, 11) is 0. The molecule has 2 atom stereocenters. The molecule has 100 valence electrons. The number of aromatic hydroxyl groups is 1. The minimum atomic E-state index is -1.14. The predicted molar refractivity (Wildman–Crippen MR) is 72.0 cm³/mol. The Bertz CT molecular complexity index is 427. The Hall–Kier alpha value is -0.750. The molecule has 0 amide bonds. The van der Waals surface area contributed by atoms with Crippen molar-refractivity contribution in [3.63, 3.8) is 0 Å². The Morgan fingerprint density at radius 1 is 1.44 bits per heavy atom. The summed E-state index contributed by atoms with van der Waals surface area (Å²) in [5.41, 5.74) is 0.926. The first kappa shape index (κ1) is 15.3. The molecule has 0 saturated heterocycles. The van der Waals surface area contributed by atoms with Crippen LogP contribution in [0.25, 0.3) is 0 Å². The number of phenols is 1. The van der Waals surface area contributed by atoms with Crippen LogP contribution < -0.4 is 0 Å². The molecule has 3 N–H and O–H groups in total. The molecule has 0 radical (unpaired) electrons. The number of aliphatic hydroxyl groups excluding tert-OH is 2. The van der Waals surface area contributed by atoms with Crippen LogP contribution in [0.1, 0.15) is 24.2 Å². The molecular weight excluding hydrogens is 276 g/mol. The van der Waals surface area contributed by atoms with E-state index in [2.05, 4.69) is 0 Å². The first-order valence-corrected chi connectivity index (χ1v) is 6.67. The standard InChI is InChI=1S/C12H15ClO4S/c1-6-3-8(4-9(13)11(6)16)12(17)10(15)5-18-7(2)14/h3-4,10,12,15-17H,5H2,1-2H3. The number of carbonyl (C=O) groups is 1. The van der Waals surface area contributed by atoms with Crippen LogP contribution in [0.15, 0.2) is 12.1 Å². The third-order valence-electron chi connectivity index (χ3n) is 2.44. The first-order valence-electron chi connectivity index (χ1n) is 5.31. The maximum absolute atomic E-state index is 10.8. The highest BCUT2D eigenvalue weighted by molar-refractivity contribution is 8.13. The molecule has 0 spiro atoms. The number of carbonyl (C=O) groups excluding carboxylic acids is 1. The third kappa shape index (κ3) is 3.88. The molecule has 1 rings (SSSR count). The number of rotatable bonds is 4.